The summed E-state index contributed by atoms with van der Waals surface area (Å²) >= 11 is 0. The molecular weight excluding hydrogens is 242 g/mol. The number of carbonyl (C=O) groups excluding carboxylic acids is 1. The average Bonchev–Trinajstić information content (AvgIpc) is 2.41. The van der Waals surface area contributed by atoms with E-state index in [-0.39, 0.29) is 18.1 Å². The topological polar surface area (TPSA) is 41.6 Å². The third-order valence-electron chi connectivity index (χ3n) is 2.75. The van der Waals surface area contributed by atoms with Gasteiger partial charge in [-0.15, -0.1) is 0 Å². The van der Waals surface area contributed by atoms with Gasteiger partial charge in [0, 0.05) is 13.1 Å². The second-order valence-electron chi connectivity index (χ2n) is 3.95. The van der Waals surface area contributed by atoms with Crippen LogP contribution in [0.1, 0.15) is 0 Å². The van der Waals surface area contributed by atoms with Crippen molar-refractivity contribution < 1.29 is 18.3 Å². The van der Waals surface area contributed by atoms with Crippen LogP contribution in [0, 0.1) is 11.6 Å². The van der Waals surface area contributed by atoms with Crippen molar-refractivity contribution in [2.75, 3.05) is 38.2 Å². The molecule has 1 heterocycles. The van der Waals surface area contributed by atoms with E-state index < -0.39 is 11.6 Å². The monoisotopic (exact) mass is 256 g/mol. The van der Waals surface area contributed by atoms with Crippen LogP contribution in [0.2, 0.25) is 0 Å². The van der Waals surface area contributed by atoms with Gasteiger partial charge >= 0.3 is 0 Å². The van der Waals surface area contributed by atoms with Crippen molar-refractivity contribution in [2.45, 2.75) is 0 Å². The lowest BCUT2D eigenvalue weighted by molar-refractivity contribution is -0.133. The first-order chi connectivity index (χ1) is 8.68. The Labute approximate surface area is 104 Å². The number of anilines is 1. The highest BCUT2D eigenvalue weighted by Crippen LogP contribution is 2.16. The molecule has 1 aromatic rings. The number of ether oxygens (including phenoxy) is 1. The Kier molecular flexibility index (Phi) is 4.09. The summed E-state index contributed by atoms with van der Waals surface area (Å²) in [6.07, 6.45) is 0. The number of amides is 1. The first-order valence-corrected chi connectivity index (χ1v) is 5.72. The summed E-state index contributed by atoms with van der Waals surface area (Å²) in [6, 6.07) is 3.81. The Bertz CT molecular complexity index is 434. The molecule has 2 rings (SSSR count). The van der Waals surface area contributed by atoms with Crippen molar-refractivity contribution in [1.82, 2.24) is 4.90 Å². The van der Waals surface area contributed by atoms with Gasteiger partial charge in [0.25, 0.3) is 0 Å². The Balaban J connectivity index is 1.90. The Morgan fingerprint density at radius 1 is 1.33 bits per heavy atom. The molecule has 0 aliphatic carbocycles. The average molecular weight is 256 g/mol. The van der Waals surface area contributed by atoms with Crippen LogP contribution in [0.25, 0.3) is 0 Å². The molecule has 98 valence electrons. The highest BCUT2D eigenvalue weighted by atomic mass is 19.2. The molecule has 1 N–H and O–H groups in total. The van der Waals surface area contributed by atoms with E-state index in [9.17, 15) is 13.6 Å². The molecular formula is C12H14F2N2O2. The summed E-state index contributed by atoms with van der Waals surface area (Å²) in [5.41, 5.74) is -0.00314. The number of morpholine rings is 1. The fourth-order valence-electron chi connectivity index (χ4n) is 1.74. The molecule has 0 saturated carbocycles. The number of halogens is 2. The van der Waals surface area contributed by atoms with E-state index in [2.05, 4.69) is 5.32 Å². The van der Waals surface area contributed by atoms with E-state index >= 15 is 0 Å². The number of nitrogens with one attached hydrogen (secondary N) is 1. The van der Waals surface area contributed by atoms with E-state index in [1.807, 2.05) is 0 Å². The summed E-state index contributed by atoms with van der Waals surface area (Å²) < 4.78 is 31.4. The quantitative estimate of drug-likeness (QED) is 0.884. The van der Waals surface area contributed by atoms with Crippen LogP contribution in [0.3, 0.4) is 0 Å². The fraction of sp³-hybridized carbons (Fsp3) is 0.417. The van der Waals surface area contributed by atoms with Gasteiger partial charge < -0.3 is 15.0 Å². The molecule has 1 fully saturated rings. The molecule has 0 bridgehead atoms. The molecule has 1 aromatic carbocycles. The number of hydrogen-bond acceptors (Lipinski definition) is 3. The number of benzene rings is 1. The smallest absolute Gasteiger partial charge is 0.242 e. The van der Waals surface area contributed by atoms with Crippen molar-refractivity contribution in [1.29, 1.82) is 0 Å². The molecule has 1 aliphatic rings. The minimum atomic E-state index is -0.965. The minimum absolute atomic E-state index is 0.00314. The van der Waals surface area contributed by atoms with Crippen molar-refractivity contribution in [3.63, 3.8) is 0 Å². The highest BCUT2D eigenvalue weighted by Gasteiger charge is 2.17. The van der Waals surface area contributed by atoms with Crippen molar-refractivity contribution in [2.24, 2.45) is 0 Å². The van der Waals surface area contributed by atoms with Crippen LogP contribution in [-0.2, 0) is 9.53 Å². The SMILES string of the molecule is O=C(CNc1cccc(F)c1F)N1CCOCC1. The summed E-state index contributed by atoms with van der Waals surface area (Å²) in [4.78, 5) is 13.4. The number of hydrogen-bond donors (Lipinski definition) is 1. The van der Waals surface area contributed by atoms with Gasteiger partial charge in [-0.1, -0.05) is 6.07 Å². The predicted molar refractivity (Wildman–Crippen MR) is 62.2 cm³/mol. The maximum Gasteiger partial charge on any atom is 0.242 e. The lowest BCUT2D eigenvalue weighted by atomic mass is 10.3. The molecule has 0 atom stereocenters. The van der Waals surface area contributed by atoms with Crippen LogP contribution in [0.15, 0.2) is 18.2 Å². The normalized spacial score (nSPS) is 15.6. The van der Waals surface area contributed by atoms with Gasteiger partial charge in [-0.05, 0) is 12.1 Å². The second kappa shape index (κ2) is 5.77. The van der Waals surface area contributed by atoms with Crippen molar-refractivity contribution in [3.05, 3.63) is 29.8 Å². The van der Waals surface area contributed by atoms with E-state index in [1.165, 1.54) is 12.1 Å². The van der Waals surface area contributed by atoms with Crippen LogP contribution < -0.4 is 5.32 Å². The third-order valence-corrected chi connectivity index (χ3v) is 2.75. The largest absolute Gasteiger partial charge is 0.378 e. The third kappa shape index (κ3) is 2.95. The fourth-order valence-corrected chi connectivity index (χ4v) is 1.74. The minimum Gasteiger partial charge on any atom is -0.378 e. The molecule has 0 spiro atoms. The second-order valence-corrected chi connectivity index (χ2v) is 3.95. The van der Waals surface area contributed by atoms with Gasteiger partial charge in [0.05, 0.1) is 25.4 Å². The van der Waals surface area contributed by atoms with Gasteiger partial charge in [0.15, 0.2) is 11.6 Å². The maximum atomic E-state index is 13.3. The van der Waals surface area contributed by atoms with Gasteiger partial charge in [0.2, 0.25) is 5.91 Å². The van der Waals surface area contributed by atoms with Gasteiger partial charge in [-0.3, -0.25) is 4.79 Å². The highest BCUT2D eigenvalue weighted by molar-refractivity contribution is 5.81. The first kappa shape index (κ1) is 12.8. The molecule has 0 aromatic heterocycles. The zero-order valence-electron chi connectivity index (χ0n) is 9.79. The van der Waals surface area contributed by atoms with E-state index in [4.69, 9.17) is 4.74 Å². The molecule has 0 radical (unpaired) electrons. The number of carbonyl (C=O) groups is 1. The first-order valence-electron chi connectivity index (χ1n) is 5.72. The molecule has 1 aliphatic heterocycles. The van der Waals surface area contributed by atoms with E-state index in [0.29, 0.717) is 26.3 Å². The Morgan fingerprint density at radius 2 is 2.06 bits per heavy atom. The molecule has 6 heteroatoms. The maximum absolute atomic E-state index is 13.3. The summed E-state index contributed by atoms with van der Waals surface area (Å²) in [5.74, 6) is -2.05. The molecule has 18 heavy (non-hydrogen) atoms. The van der Waals surface area contributed by atoms with Gasteiger partial charge in [-0.25, -0.2) is 8.78 Å². The Hall–Kier alpha value is -1.69. The predicted octanol–water partition coefficient (Wildman–Crippen LogP) is 1.24. The molecule has 1 saturated heterocycles. The standard InChI is InChI=1S/C12H14F2N2O2/c13-9-2-1-3-10(12(9)14)15-8-11(17)16-4-6-18-7-5-16/h1-3,15H,4-8H2. The lowest BCUT2D eigenvalue weighted by Crippen LogP contribution is -2.43. The molecule has 1 amide bonds. The van der Waals surface area contributed by atoms with Gasteiger partial charge in [0.1, 0.15) is 0 Å². The van der Waals surface area contributed by atoms with Crippen LogP contribution in [-0.4, -0.2) is 43.7 Å². The van der Waals surface area contributed by atoms with E-state index in [0.717, 1.165) is 6.07 Å². The van der Waals surface area contributed by atoms with Crippen molar-refractivity contribution in [3.8, 4) is 0 Å². The lowest BCUT2D eigenvalue weighted by Gasteiger charge is -2.27. The zero-order valence-corrected chi connectivity index (χ0v) is 9.79. The summed E-state index contributed by atoms with van der Waals surface area (Å²) in [5, 5.41) is 2.60. The number of nitrogens with zero attached hydrogens (tertiary/aromatic N) is 1. The van der Waals surface area contributed by atoms with E-state index in [1.54, 1.807) is 4.90 Å². The Morgan fingerprint density at radius 3 is 2.78 bits per heavy atom. The van der Waals surface area contributed by atoms with Crippen LogP contribution >= 0.6 is 0 Å². The van der Waals surface area contributed by atoms with Crippen LogP contribution in [0.4, 0.5) is 14.5 Å². The summed E-state index contributed by atoms with van der Waals surface area (Å²) in [7, 11) is 0. The molecule has 0 unspecified atom stereocenters. The number of rotatable bonds is 3. The zero-order chi connectivity index (χ0) is 13.0. The summed E-state index contributed by atoms with van der Waals surface area (Å²) in [6.45, 7) is 2.04. The van der Waals surface area contributed by atoms with Crippen molar-refractivity contribution >= 4 is 11.6 Å². The van der Waals surface area contributed by atoms with Crippen LogP contribution in [0.5, 0.6) is 0 Å². The molecule has 4 nitrogen and oxygen atoms in total. The van der Waals surface area contributed by atoms with Gasteiger partial charge in [-0.2, -0.15) is 0 Å².